The van der Waals surface area contributed by atoms with Crippen LogP contribution in [-0.2, 0) is 5.41 Å². The van der Waals surface area contributed by atoms with E-state index in [0.29, 0.717) is 5.41 Å². The Hall–Kier alpha value is -0.780. The summed E-state index contributed by atoms with van der Waals surface area (Å²) in [5.41, 5.74) is 2.10. The Bertz CT molecular complexity index is 293. The van der Waals surface area contributed by atoms with Crippen LogP contribution in [0.5, 0.6) is 0 Å². The topological polar surface area (TPSA) is 0 Å². The highest BCUT2D eigenvalue weighted by Crippen LogP contribution is 2.38. The molecule has 0 unspecified atom stereocenters. The number of hydrogen-bond acceptors (Lipinski definition) is 0. The Labute approximate surface area is 94.7 Å². The smallest absolute Gasteiger partial charge is 0.00985 e. The molecular formula is C15H23. The maximum atomic E-state index is 3.08. The molecule has 0 nitrogen and oxygen atoms in total. The number of hydrogen-bond donors (Lipinski definition) is 0. The molecule has 15 heavy (non-hydrogen) atoms. The molecule has 0 aromatic heterocycles. The van der Waals surface area contributed by atoms with E-state index in [-0.39, 0.29) is 5.41 Å². The molecule has 0 saturated heterocycles. The molecule has 0 fully saturated rings. The Morgan fingerprint density at radius 3 is 2.07 bits per heavy atom. The second kappa shape index (κ2) is 4.38. The standard InChI is InChI=1S/C15H23/c1-6-14(2,3)12-15(4,5)13-10-8-7-9-11-13/h8-11H,6,12H2,1-5H3. The fourth-order valence-electron chi connectivity index (χ4n) is 2.26. The maximum absolute atomic E-state index is 3.08. The Morgan fingerprint density at radius 1 is 1.07 bits per heavy atom. The van der Waals surface area contributed by atoms with Gasteiger partial charge < -0.3 is 0 Å². The molecule has 0 aliphatic heterocycles. The van der Waals surface area contributed by atoms with Crippen molar-refractivity contribution >= 4 is 0 Å². The Balaban J connectivity index is 2.85. The molecule has 1 aromatic rings. The van der Waals surface area contributed by atoms with Crippen molar-refractivity contribution < 1.29 is 0 Å². The molecule has 0 bridgehead atoms. The normalized spacial score (nSPS) is 12.9. The molecule has 83 valence electrons. The summed E-state index contributed by atoms with van der Waals surface area (Å²) < 4.78 is 0. The van der Waals surface area contributed by atoms with Gasteiger partial charge in [-0.3, -0.25) is 0 Å². The van der Waals surface area contributed by atoms with Gasteiger partial charge in [0.05, 0.1) is 0 Å². The summed E-state index contributed by atoms with van der Waals surface area (Å²) in [5.74, 6) is 0. The fraction of sp³-hybridized carbons (Fsp3) is 0.600. The van der Waals surface area contributed by atoms with Crippen LogP contribution in [0.15, 0.2) is 24.3 Å². The molecule has 0 atom stereocenters. The van der Waals surface area contributed by atoms with Crippen molar-refractivity contribution in [2.75, 3.05) is 0 Å². The third-order valence-electron chi connectivity index (χ3n) is 3.38. The molecule has 1 rings (SSSR count). The molecule has 0 N–H and O–H groups in total. The zero-order chi connectivity index (χ0) is 11.5. The molecule has 1 aromatic carbocycles. The van der Waals surface area contributed by atoms with Crippen molar-refractivity contribution in [2.45, 2.75) is 52.9 Å². The van der Waals surface area contributed by atoms with Crippen LogP contribution in [0.3, 0.4) is 0 Å². The molecule has 0 amide bonds. The third-order valence-corrected chi connectivity index (χ3v) is 3.38. The van der Waals surface area contributed by atoms with E-state index in [1.165, 1.54) is 18.4 Å². The molecule has 0 heteroatoms. The van der Waals surface area contributed by atoms with E-state index in [1.807, 2.05) is 12.1 Å². The van der Waals surface area contributed by atoms with Gasteiger partial charge in [-0.1, -0.05) is 65.3 Å². The van der Waals surface area contributed by atoms with Crippen LogP contribution < -0.4 is 0 Å². The van der Waals surface area contributed by atoms with E-state index in [1.54, 1.807) is 0 Å². The first kappa shape index (κ1) is 12.3. The van der Waals surface area contributed by atoms with E-state index >= 15 is 0 Å². The van der Waals surface area contributed by atoms with Gasteiger partial charge >= 0.3 is 0 Å². The first-order valence-corrected chi connectivity index (χ1v) is 5.84. The summed E-state index contributed by atoms with van der Waals surface area (Å²) in [6, 6.07) is 11.5. The van der Waals surface area contributed by atoms with Gasteiger partial charge in [0.1, 0.15) is 0 Å². The average molecular weight is 203 g/mol. The minimum Gasteiger partial charge on any atom is -0.0649 e. The molecule has 0 heterocycles. The summed E-state index contributed by atoms with van der Waals surface area (Å²) in [6.07, 6.45) is 2.45. The van der Waals surface area contributed by atoms with Gasteiger partial charge in [-0.15, -0.1) is 0 Å². The van der Waals surface area contributed by atoms with Gasteiger partial charge in [-0.2, -0.15) is 0 Å². The predicted molar refractivity (Wildman–Crippen MR) is 67.0 cm³/mol. The van der Waals surface area contributed by atoms with Gasteiger partial charge in [-0.25, -0.2) is 0 Å². The van der Waals surface area contributed by atoms with Gasteiger partial charge in [0.15, 0.2) is 0 Å². The highest BCUT2D eigenvalue weighted by atomic mass is 14.3. The zero-order valence-corrected chi connectivity index (χ0v) is 10.7. The molecular weight excluding hydrogens is 180 g/mol. The van der Waals surface area contributed by atoms with Crippen LogP contribution in [0.2, 0.25) is 0 Å². The van der Waals surface area contributed by atoms with E-state index in [4.69, 9.17) is 0 Å². The largest absolute Gasteiger partial charge is 0.0649 e. The summed E-state index contributed by atoms with van der Waals surface area (Å²) in [5, 5.41) is 0. The highest BCUT2D eigenvalue weighted by Gasteiger charge is 2.28. The van der Waals surface area contributed by atoms with Crippen LogP contribution >= 0.6 is 0 Å². The zero-order valence-electron chi connectivity index (χ0n) is 10.7. The highest BCUT2D eigenvalue weighted by molar-refractivity contribution is 5.23. The van der Waals surface area contributed by atoms with Crippen LogP contribution in [-0.4, -0.2) is 0 Å². The van der Waals surface area contributed by atoms with Gasteiger partial charge in [0, 0.05) is 0 Å². The molecule has 0 aliphatic rings. The van der Waals surface area contributed by atoms with Gasteiger partial charge in [0.2, 0.25) is 0 Å². The summed E-state index contributed by atoms with van der Waals surface area (Å²) >= 11 is 0. The monoisotopic (exact) mass is 203 g/mol. The van der Waals surface area contributed by atoms with E-state index in [9.17, 15) is 0 Å². The van der Waals surface area contributed by atoms with Crippen molar-refractivity contribution in [1.82, 2.24) is 0 Å². The van der Waals surface area contributed by atoms with Crippen molar-refractivity contribution in [3.05, 3.63) is 35.9 Å². The van der Waals surface area contributed by atoms with Crippen LogP contribution in [0.4, 0.5) is 0 Å². The molecule has 0 aliphatic carbocycles. The first-order valence-electron chi connectivity index (χ1n) is 5.84. The minimum absolute atomic E-state index is 0.259. The minimum atomic E-state index is 0.259. The lowest BCUT2D eigenvalue weighted by molar-refractivity contribution is 0.248. The SMILES string of the molecule is CCC(C)(C)CC(C)(C)c1cc[c]cc1. The Kier molecular flexibility index (Phi) is 3.59. The summed E-state index contributed by atoms with van der Waals surface area (Å²) in [4.78, 5) is 0. The lowest BCUT2D eigenvalue weighted by Crippen LogP contribution is -2.26. The third kappa shape index (κ3) is 3.37. The van der Waals surface area contributed by atoms with E-state index < -0.39 is 0 Å². The molecule has 1 radical (unpaired) electrons. The average Bonchev–Trinajstić information content (AvgIpc) is 2.18. The number of benzene rings is 1. The van der Waals surface area contributed by atoms with E-state index in [0.717, 1.165) is 0 Å². The fourth-order valence-corrected chi connectivity index (χ4v) is 2.26. The van der Waals surface area contributed by atoms with Crippen molar-refractivity contribution in [1.29, 1.82) is 0 Å². The maximum Gasteiger partial charge on any atom is -0.00985 e. The second-order valence-electron chi connectivity index (χ2n) is 5.87. The summed E-state index contributed by atoms with van der Waals surface area (Å²) in [6.45, 7) is 11.6. The number of rotatable bonds is 4. The lowest BCUT2D eigenvalue weighted by Gasteiger charge is -2.34. The molecule has 0 spiro atoms. The van der Waals surface area contributed by atoms with Crippen LogP contribution in [0, 0.1) is 11.5 Å². The Morgan fingerprint density at radius 2 is 1.60 bits per heavy atom. The summed E-state index contributed by atoms with van der Waals surface area (Å²) in [7, 11) is 0. The van der Waals surface area contributed by atoms with Crippen molar-refractivity contribution in [3.8, 4) is 0 Å². The van der Waals surface area contributed by atoms with E-state index in [2.05, 4.69) is 52.8 Å². The first-order chi connectivity index (χ1) is 6.87. The van der Waals surface area contributed by atoms with Crippen LogP contribution in [0.25, 0.3) is 0 Å². The lowest BCUT2D eigenvalue weighted by atomic mass is 9.70. The quantitative estimate of drug-likeness (QED) is 0.671. The predicted octanol–water partition coefficient (Wildman–Crippen LogP) is 4.59. The second-order valence-corrected chi connectivity index (χ2v) is 5.87. The van der Waals surface area contributed by atoms with Crippen molar-refractivity contribution in [2.24, 2.45) is 5.41 Å². The van der Waals surface area contributed by atoms with Crippen LogP contribution in [0.1, 0.15) is 53.0 Å². The van der Waals surface area contributed by atoms with Gasteiger partial charge in [0.25, 0.3) is 0 Å². The van der Waals surface area contributed by atoms with Crippen molar-refractivity contribution in [3.63, 3.8) is 0 Å². The molecule has 0 saturated carbocycles. The van der Waals surface area contributed by atoms with Gasteiger partial charge in [-0.05, 0) is 28.9 Å².